The molecule has 0 bridgehead atoms. The van der Waals surface area contributed by atoms with E-state index in [2.05, 4.69) is 15.6 Å². The average molecular weight is 431 g/mol. The Morgan fingerprint density at radius 2 is 2.13 bits per heavy atom. The van der Waals surface area contributed by atoms with E-state index >= 15 is 0 Å². The van der Waals surface area contributed by atoms with Gasteiger partial charge in [0.05, 0.1) is 5.54 Å². The third-order valence-corrected chi connectivity index (χ3v) is 8.14. The van der Waals surface area contributed by atoms with Gasteiger partial charge in [-0.05, 0) is 56.0 Å². The maximum absolute atomic E-state index is 14.9. The third-order valence-electron chi connectivity index (χ3n) is 5.83. The van der Waals surface area contributed by atoms with Crippen LogP contribution < -0.4 is 10.6 Å². The Balaban J connectivity index is 1.72. The highest BCUT2D eigenvalue weighted by molar-refractivity contribution is 7.90. The number of carbonyl (C=O) groups is 1. The first-order valence-electron chi connectivity index (χ1n) is 9.54. The lowest BCUT2D eigenvalue weighted by Crippen LogP contribution is -2.65. The molecule has 0 radical (unpaired) electrons. The van der Waals surface area contributed by atoms with Crippen LogP contribution in [0.2, 0.25) is 0 Å². The van der Waals surface area contributed by atoms with Crippen LogP contribution in [0, 0.1) is 18.2 Å². The van der Waals surface area contributed by atoms with Crippen LogP contribution in [0.3, 0.4) is 0 Å². The summed E-state index contributed by atoms with van der Waals surface area (Å²) in [5.41, 5.74) is 0.323. The van der Waals surface area contributed by atoms with Gasteiger partial charge in [-0.25, -0.2) is 17.1 Å². The van der Waals surface area contributed by atoms with Crippen molar-refractivity contribution in [1.82, 2.24) is 14.6 Å². The largest absolute Gasteiger partial charge is 0.345 e. The number of nitrogens with one attached hydrogen (secondary N) is 3. The lowest BCUT2D eigenvalue weighted by Gasteiger charge is -2.44. The minimum Gasteiger partial charge on any atom is -0.345 e. The zero-order valence-corrected chi connectivity index (χ0v) is 17.4. The van der Waals surface area contributed by atoms with Crippen LogP contribution in [0.15, 0.2) is 36.5 Å². The number of anilines is 1. The maximum Gasteiger partial charge on any atom is 0.274 e. The molecule has 2 heterocycles. The Hall–Kier alpha value is -3.01. The summed E-state index contributed by atoms with van der Waals surface area (Å²) in [6, 6.07) is 7.42. The highest BCUT2D eigenvalue weighted by Gasteiger charge is 2.57. The lowest BCUT2D eigenvalue weighted by molar-refractivity contribution is 0.102. The summed E-state index contributed by atoms with van der Waals surface area (Å²) in [6.45, 7) is 1.86. The van der Waals surface area contributed by atoms with Crippen LogP contribution in [0.4, 0.5) is 10.1 Å². The van der Waals surface area contributed by atoms with Gasteiger partial charge in [-0.15, -0.1) is 0 Å². The standard InChI is InChI=1S/C20H22FN5O3S/c1-12-5-8-16(23-11-12)18(27)24-13-6-7-15(21)14(10-13)20-9-3-4-17(20)30(28,29)26(2)19(22)25-20/h5-8,10-11,17H,3-4,9H2,1-2H3,(H2,22,25)(H,24,27)/t17-,20-/m1/s1. The number of sulfonamides is 1. The molecule has 2 atom stereocenters. The second-order valence-corrected chi connectivity index (χ2v) is 9.85. The zero-order valence-electron chi connectivity index (χ0n) is 16.6. The number of nitrogens with zero attached hydrogens (tertiary/aromatic N) is 2. The summed E-state index contributed by atoms with van der Waals surface area (Å²) < 4.78 is 41.6. The van der Waals surface area contributed by atoms with Crippen molar-refractivity contribution < 1.29 is 17.6 Å². The molecule has 10 heteroatoms. The van der Waals surface area contributed by atoms with Crippen LogP contribution in [0.5, 0.6) is 0 Å². The fourth-order valence-corrected chi connectivity index (χ4v) is 6.20. The van der Waals surface area contributed by atoms with Gasteiger partial charge in [0.1, 0.15) is 16.8 Å². The van der Waals surface area contributed by atoms with Gasteiger partial charge in [0.2, 0.25) is 16.0 Å². The summed E-state index contributed by atoms with van der Waals surface area (Å²) in [4.78, 5) is 16.6. The molecule has 1 amide bonds. The number of aryl methyl sites for hydroxylation is 1. The van der Waals surface area contributed by atoms with Crippen LogP contribution in [-0.2, 0) is 15.6 Å². The molecule has 2 aliphatic rings. The minimum absolute atomic E-state index is 0.126. The van der Waals surface area contributed by atoms with E-state index in [0.717, 1.165) is 9.87 Å². The maximum atomic E-state index is 14.9. The van der Waals surface area contributed by atoms with E-state index in [1.165, 1.54) is 25.2 Å². The average Bonchev–Trinajstić information content (AvgIpc) is 3.14. The molecule has 1 aromatic carbocycles. The molecule has 4 rings (SSSR count). The zero-order chi connectivity index (χ0) is 21.7. The number of aromatic nitrogens is 1. The van der Waals surface area contributed by atoms with Crippen molar-refractivity contribution in [3.05, 3.63) is 59.2 Å². The van der Waals surface area contributed by atoms with Crippen molar-refractivity contribution in [2.75, 3.05) is 12.4 Å². The fraction of sp³-hybridized carbons (Fsp3) is 0.350. The Morgan fingerprint density at radius 1 is 1.37 bits per heavy atom. The van der Waals surface area contributed by atoms with Crippen molar-refractivity contribution in [1.29, 1.82) is 5.41 Å². The minimum atomic E-state index is -3.81. The van der Waals surface area contributed by atoms with Crippen molar-refractivity contribution in [3.8, 4) is 0 Å². The molecule has 2 aromatic rings. The smallest absolute Gasteiger partial charge is 0.274 e. The van der Waals surface area contributed by atoms with E-state index in [1.807, 2.05) is 6.92 Å². The lowest BCUT2D eigenvalue weighted by atomic mass is 9.86. The molecule has 1 saturated heterocycles. The SMILES string of the molecule is Cc1ccc(C(=O)Nc2ccc(F)c([C@]34CCC[C@H]3S(=O)(=O)N(C)C(=N)N4)c2)nc1. The number of halogens is 1. The first kappa shape index (κ1) is 20.3. The van der Waals surface area contributed by atoms with E-state index in [0.29, 0.717) is 24.9 Å². The van der Waals surface area contributed by atoms with Crippen LogP contribution in [0.1, 0.15) is 40.9 Å². The van der Waals surface area contributed by atoms with E-state index in [-0.39, 0.29) is 17.2 Å². The van der Waals surface area contributed by atoms with E-state index in [4.69, 9.17) is 5.41 Å². The normalized spacial score (nSPS) is 24.8. The third kappa shape index (κ3) is 3.11. The van der Waals surface area contributed by atoms with Crippen molar-refractivity contribution in [3.63, 3.8) is 0 Å². The predicted octanol–water partition coefficient (Wildman–Crippen LogP) is 2.33. The quantitative estimate of drug-likeness (QED) is 0.690. The summed E-state index contributed by atoms with van der Waals surface area (Å²) in [5.74, 6) is -1.34. The molecule has 30 heavy (non-hydrogen) atoms. The number of fused-ring (bicyclic) bond motifs is 1. The summed E-state index contributed by atoms with van der Waals surface area (Å²) in [5, 5.41) is 12.8. The molecule has 2 fully saturated rings. The van der Waals surface area contributed by atoms with Crippen molar-refractivity contribution in [2.45, 2.75) is 37.0 Å². The van der Waals surface area contributed by atoms with E-state index in [1.54, 1.807) is 18.3 Å². The number of pyridine rings is 1. The molecule has 1 aliphatic carbocycles. The number of guanidine groups is 1. The Labute approximate surface area is 174 Å². The molecule has 1 aromatic heterocycles. The molecule has 0 unspecified atom stereocenters. The first-order chi connectivity index (χ1) is 14.1. The van der Waals surface area contributed by atoms with Crippen LogP contribution in [-0.4, -0.2) is 41.9 Å². The van der Waals surface area contributed by atoms with Gasteiger partial charge < -0.3 is 10.6 Å². The van der Waals surface area contributed by atoms with Gasteiger partial charge in [0.25, 0.3) is 5.91 Å². The van der Waals surface area contributed by atoms with Crippen molar-refractivity contribution in [2.24, 2.45) is 0 Å². The summed E-state index contributed by atoms with van der Waals surface area (Å²) in [7, 11) is -2.50. The highest BCUT2D eigenvalue weighted by atomic mass is 32.2. The molecule has 1 saturated carbocycles. The molecular formula is C20H22FN5O3S. The fourth-order valence-electron chi connectivity index (χ4n) is 4.25. The van der Waals surface area contributed by atoms with Gasteiger partial charge in [-0.3, -0.25) is 15.2 Å². The molecular weight excluding hydrogens is 409 g/mol. The highest BCUT2D eigenvalue weighted by Crippen LogP contribution is 2.47. The van der Waals surface area contributed by atoms with Gasteiger partial charge in [-0.2, -0.15) is 0 Å². The van der Waals surface area contributed by atoms with E-state index in [9.17, 15) is 17.6 Å². The predicted molar refractivity (Wildman–Crippen MR) is 110 cm³/mol. The van der Waals surface area contributed by atoms with Gasteiger partial charge in [-0.1, -0.05) is 6.07 Å². The monoisotopic (exact) mass is 431 g/mol. The molecule has 8 nitrogen and oxygen atoms in total. The molecule has 3 N–H and O–H groups in total. The Kier molecular flexibility index (Phi) is 4.76. The molecule has 0 spiro atoms. The number of hydrogen-bond acceptors (Lipinski definition) is 5. The number of hydrogen-bond donors (Lipinski definition) is 3. The van der Waals surface area contributed by atoms with Gasteiger partial charge in [0, 0.05) is 24.5 Å². The van der Waals surface area contributed by atoms with Gasteiger partial charge in [0.15, 0.2) is 0 Å². The molecule has 1 aliphatic heterocycles. The van der Waals surface area contributed by atoms with Gasteiger partial charge >= 0.3 is 0 Å². The topological polar surface area (TPSA) is 115 Å². The summed E-state index contributed by atoms with van der Waals surface area (Å²) >= 11 is 0. The number of rotatable bonds is 3. The first-order valence-corrected chi connectivity index (χ1v) is 11.0. The number of carbonyl (C=O) groups excluding carboxylic acids is 1. The summed E-state index contributed by atoms with van der Waals surface area (Å²) in [6.07, 6.45) is 2.87. The molecule has 158 valence electrons. The van der Waals surface area contributed by atoms with Crippen LogP contribution in [0.25, 0.3) is 0 Å². The number of amides is 1. The van der Waals surface area contributed by atoms with Crippen LogP contribution >= 0.6 is 0 Å². The van der Waals surface area contributed by atoms with Crippen molar-refractivity contribution >= 4 is 27.6 Å². The Bertz CT molecular complexity index is 1140. The van der Waals surface area contributed by atoms with E-state index < -0.39 is 32.5 Å². The second-order valence-electron chi connectivity index (χ2n) is 7.71. The second kappa shape index (κ2) is 7.05. The number of benzene rings is 1. The Morgan fingerprint density at radius 3 is 2.83 bits per heavy atom.